The summed E-state index contributed by atoms with van der Waals surface area (Å²) >= 11 is 0. The van der Waals surface area contributed by atoms with Crippen LogP contribution >= 0.6 is 0 Å². The first kappa shape index (κ1) is 15.6. The van der Waals surface area contributed by atoms with E-state index in [1.54, 1.807) is 6.20 Å². The van der Waals surface area contributed by atoms with E-state index in [-0.39, 0.29) is 22.9 Å². The van der Waals surface area contributed by atoms with Gasteiger partial charge in [0.05, 0.1) is 5.52 Å². The van der Waals surface area contributed by atoms with Gasteiger partial charge in [-0.15, -0.1) is 0 Å². The van der Waals surface area contributed by atoms with Gasteiger partial charge in [-0.2, -0.15) is 0 Å². The van der Waals surface area contributed by atoms with E-state index in [1.165, 1.54) is 5.56 Å². The number of hydrogen-bond acceptors (Lipinski definition) is 2. The molecular weight excluding hydrogens is 312 g/mol. The van der Waals surface area contributed by atoms with E-state index in [4.69, 9.17) is 0 Å². The quantitative estimate of drug-likeness (QED) is 0.771. The zero-order valence-corrected chi connectivity index (χ0v) is 14.6. The highest BCUT2D eigenvalue weighted by Crippen LogP contribution is 2.31. The van der Waals surface area contributed by atoms with E-state index < -0.39 is 0 Å². The first-order valence-electron chi connectivity index (χ1n) is 8.51. The van der Waals surface area contributed by atoms with Crippen LogP contribution in [0, 0.1) is 13.8 Å². The number of aromatic nitrogens is 1. The lowest BCUT2D eigenvalue weighted by molar-refractivity contribution is 0.102. The Hall–Kier alpha value is -2.88. The lowest BCUT2D eigenvalue weighted by Crippen LogP contribution is -2.24. The molecule has 0 saturated heterocycles. The molecule has 4 nitrogen and oxygen atoms in total. The molecule has 0 aliphatic carbocycles. The van der Waals surface area contributed by atoms with Gasteiger partial charge in [-0.3, -0.25) is 9.59 Å². The molecule has 25 heavy (non-hydrogen) atoms. The van der Waals surface area contributed by atoms with Crippen molar-refractivity contribution in [3.63, 3.8) is 0 Å². The standard InChI is InChI=1S/C21H20N2O2/c1-12-6-4-7-13(2)18(12)22-21(25)17-11-23-14(3)10-15-8-5-9-16(19(15)23)20(17)24/h4-9,11,14H,10H2,1-3H3,(H,22,25)/t14-/m1/s1. The Kier molecular flexibility index (Phi) is 3.49. The SMILES string of the molecule is Cc1cccc(C)c1NC(=O)c1cn2c3c(cccc3c1=O)C[C@H]2C. The number of nitrogens with one attached hydrogen (secondary N) is 1. The molecule has 2 heterocycles. The van der Waals surface area contributed by atoms with Crippen molar-refractivity contribution < 1.29 is 4.79 Å². The highest BCUT2D eigenvalue weighted by molar-refractivity contribution is 6.06. The summed E-state index contributed by atoms with van der Waals surface area (Å²) in [5.74, 6) is -0.349. The fourth-order valence-corrected chi connectivity index (χ4v) is 3.77. The number of carbonyl (C=O) groups excluding carboxylic acids is 1. The van der Waals surface area contributed by atoms with E-state index >= 15 is 0 Å². The first-order chi connectivity index (χ1) is 12.0. The number of anilines is 1. The fraction of sp³-hybridized carbons (Fsp3) is 0.238. The fourth-order valence-electron chi connectivity index (χ4n) is 3.77. The molecule has 0 unspecified atom stereocenters. The Balaban J connectivity index is 1.85. The van der Waals surface area contributed by atoms with Crippen molar-refractivity contribution in [1.29, 1.82) is 0 Å². The van der Waals surface area contributed by atoms with Crippen molar-refractivity contribution in [3.8, 4) is 0 Å². The van der Waals surface area contributed by atoms with Gasteiger partial charge in [0.15, 0.2) is 0 Å². The minimum atomic E-state index is -0.349. The van der Waals surface area contributed by atoms with Gasteiger partial charge in [0.25, 0.3) is 5.91 Å². The molecule has 1 aliphatic rings. The number of rotatable bonds is 2. The Labute approximate surface area is 146 Å². The van der Waals surface area contributed by atoms with Crippen molar-refractivity contribution >= 4 is 22.5 Å². The average Bonchev–Trinajstić information content (AvgIpc) is 2.90. The molecule has 0 saturated carbocycles. The molecule has 0 spiro atoms. The van der Waals surface area contributed by atoms with Crippen molar-refractivity contribution in [2.75, 3.05) is 5.32 Å². The summed E-state index contributed by atoms with van der Waals surface area (Å²) in [5.41, 5.74) is 4.86. The number of carbonyl (C=O) groups is 1. The van der Waals surface area contributed by atoms with Crippen LogP contribution < -0.4 is 10.7 Å². The van der Waals surface area contributed by atoms with Gasteiger partial charge in [-0.1, -0.05) is 30.3 Å². The maximum absolute atomic E-state index is 12.9. The van der Waals surface area contributed by atoms with Crippen LogP contribution in [0.5, 0.6) is 0 Å². The Morgan fingerprint density at radius 1 is 1.12 bits per heavy atom. The van der Waals surface area contributed by atoms with Crippen molar-refractivity contribution in [1.82, 2.24) is 4.57 Å². The largest absolute Gasteiger partial charge is 0.343 e. The van der Waals surface area contributed by atoms with E-state index in [0.717, 1.165) is 28.8 Å². The lowest BCUT2D eigenvalue weighted by Gasteiger charge is -2.14. The van der Waals surface area contributed by atoms with Crippen molar-refractivity contribution in [2.45, 2.75) is 33.2 Å². The van der Waals surface area contributed by atoms with Gasteiger partial charge >= 0.3 is 0 Å². The smallest absolute Gasteiger partial charge is 0.261 e. The van der Waals surface area contributed by atoms with Crippen LogP contribution in [0.1, 0.15) is 40.0 Å². The summed E-state index contributed by atoms with van der Waals surface area (Å²) in [7, 11) is 0. The zero-order chi connectivity index (χ0) is 17.7. The molecule has 1 aliphatic heterocycles. The van der Waals surface area contributed by atoms with E-state index in [1.807, 2.05) is 44.2 Å². The molecule has 3 aromatic rings. The van der Waals surface area contributed by atoms with Gasteiger partial charge in [0.1, 0.15) is 5.56 Å². The maximum Gasteiger partial charge on any atom is 0.261 e. The lowest BCUT2D eigenvalue weighted by atomic mass is 10.1. The van der Waals surface area contributed by atoms with Gasteiger partial charge in [0.2, 0.25) is 5.43 Å². The zero-order valence-electron chi connectivity index (χ0n) is 14.6. The Morgan fingerprint density at radius 2 is 1.80 bits per heavy atom. The molecule has 1 amide bonds. The topological polar surface area (TPSA) is 51.1 Å². The Bertz CT molecular complexity index is 1060. The number of benzene rings is 2. The molecule has 4 rings (SSSR count). The molecule has 0 bridgehead atoms. The van der Waals surface area contributed by atoms with Crippen LogP contribution in [0.4, 0.5) is 5.69 Å². The van der Waals surface area contributed by atoms with Crippen molar-refractivity contribution in [2.24, 2.45) is 0 Å². The predicted molar refractivity (Wildman–Crippen MR) is 100 cm³/mol. The normalized spacial score (nSPS) is 15.6. The van der Waals surface area contributed by atoms with Crippen LogP contribution in [0.2, 0.25) is 0 Å². The second-order valence-corrected chi connectivity index (χ2v) is 6.87. The maximum atomic E-state index is 12.9. The average molecular weight is 332 g/mol. The highest BCUT2D eigenvalue weighted by atomic mass is 16.2. The van der Waals surface area contributed by atoms with Crippen LogP contribution in [-0.2, 0) is 6.42 Å². The molecular formula is C21H20N2O2. The van der Waals surface area contributed by atoms with Crippen molar-refractivity contribution in [3.05, 3.63) is 75.1 Å². The minimum Gasteiger partial charge on any atom is -0.343 e. The summed E-state index contributed by atoms with van der Waals surface area (Å²) in [6, 6.07) is 11.9. The molecule has 0 fully saturated rings. The number of hydrogen-bond donors (Lipinski definition) is 1. The molecule has 126 valence electrons. The third-order valence-corrected chi connectivity index (χ3v) is 5.09. The number of aryl methyl sites for hydroxylation is 2. The van der Waals surface area contributed by atoms with Crippen LogP contribution in [0.15, 0.2) is 47.4 Å². The second-order valence-electron chi connectivity index (χ2n) is 6.87. The van der Waals surface area contributed by atoms with Gasteiger partial charge in [0, 0.05) is 23.3 Å². The second kappa shape index (κ2) is 5.59. The van der Waals surface area contributed by atoms with E-state index in [2.05, 4.69) is 22.9 Å². The number of nitrogens with zero attached hydrogens (tertiary/aromatic N) is 1. The van der Waals surface area contributed by atoms with Crippen LogP contribution in [0.3, 0.4) is 0 Å². The van der Waals surface area contributed by atoms with Gasteiger partial charge in [-0.25, -0.2) is 0 Å². The summed E-state index contributed by atoms with van der Waals surface area (Å²) in [5, 5.41) is 3.55. The van der Waals surface area contributed by atoms with Crippen LogP contribution in [0.25, 0.3) is 10.9 Å². The Morgan fingerprint density at radius 3 is 2.52 bits per heavy atom. The molecule has 4 heteroatoms. The summed E-state index contributed by atoms with van der Waals surface area (Å²) < 4.78 is 2.06. The summed E-state index contributed by atoms with van der Waals surface area (Å²) in [4.78, 5) is 25.7. The molecule has 1 atom stereocenters. The van der Waals surface area contributed by atoms with Crippen LogP contribution in [-0.4, -0.2) is 10.5 Å². The third-order valence-electron chi connectivity index (χ3n) is 5.09. The number of para-hydroxylation sites is 2. The first-order valence-corrected chi connectivity index (χ1v) is 8.51. The number of pyridine rings is 1. The molecule has 2 aromatic carbocycles. The highest BCUT2D eigenvalue weighted by Gasteiger charge is 2.24. The predicted octanol–water partition coefficient (Wildman–Crippen LogP) is 3.99. The minimum absolute atomic E-state index is 0.195. The molecule has 1 N–H and O–H groups in total. The van der Waals surface area contributed by atoms with E-state index in [9.17, 15) is 9.59 Å². The monoisotopic (exact) mass is 332 g/mol. The summed E-state index contributed by atoms with van der Waals surface area (Å²) in [6.07, 6.45) is 2.60. The molecule has 1 aromatic heterocycles. The van der Waals surface area contributed by atoms with E-state index in [0.29, 0.717) is 5.39 Å². The number of amides is 1. The van der Waals surface area contributed by atoms with Gasteiger partial charge < -0.3 is 9.88 Å². The third kappa shape index (κ3) is 2.37. The van der Waals surface area contributed by atoms with Gasteiger partial charge in [-0.05, 0) is 49.9 Å². The molecule has 0 radical (unpaired) electrons. The summed E-state index contributed by atoms with van der Waals surface area (Å²) in [6.45, 7) is 6.00.